The summed E-state index contributed by atoms with van der Waals surface area (Å²) in [4.78, 5) is 0. The molecule has 0 amide bonds. The van der Waals surface area contributed by atoms with E-state index in [1.807, 2.05) is 0 Å². The molecule has 0 radical (unpaired) electrons. The maximum Gasteiger partial charge on any atom is 0.122 e. The van der Waals surface area contributed by atoms with Gasteiger partial charge in [0, 0.05) is 18.0 Å². The van der Waals surface area contributed by atoms with Crippen LogP contribution in [0, 0.1) is 0 Å². The first-order valence-corrected chi connectivity index (χ1v) is 6.24. The van der Waals surface area contributed by atoms with Crippen LogP contribution in [-0.2, 0) is 0 Å². The van der Waals surface area contributed by atoms with Crippen molar-refractivity contribution in [3.63, 3.8) is 0 Å². The summed E-state index contributed by atoms with van der Waals surface area (Å²) in [6.07, 6.45) is 3.80. The minimum absolute atomic E-state index is 0.438. The molecular weight excluding hydrogens is 198 g/mol. The molecule has 1 heterocycles. The summed E-state index contributed by atoms with van der Waals surface area (Å²) in [6.45, 7) is 4.27. The van der Waals surface area contributed by atoms with Gasteiger partial charge in [-0.2, -0.15) is 0 Å². The lowest BCUT2D eigenvalue weighted by atomic mass is 9.93. The first kappa shape index (κ1) is 10.2. The van der Waals surface area contributed by atoms with E-state index in [1.54, 1.807) is 0 Å². The minimum atomic E-state index is 0.438. The summed E-state index contributed by atoms with van der Waals surface area (Å²) in [5.74, 6) is 1.71. The number of para-hydroxylation sites is 1. The van der Waals surface area contributed by atoms with Gasteiger partial charge in [0.25, 0.3) is 0 Å². The zero-order chi connectivity index (χ0) is 11.0. The third-order valence-corrected chi connectivity index (χ3v) is 3.86. The Morgan fingerprint density at radius 2 is 2.19 bits per heavy atom. The number of rotatable bonds is 3. The molecule has 0 saturated heterocycles. The highest BCUT2D eigenvalue weighted by Crippen LogP contribution is 2.37. The van der Waals surface area contributed by atoms with Gasteiger partial charge in [-0.25, -0.2) is 0 Å². The van der Waals surface area contributed by atoms with Crippen molar-refractivity contribution < 1.29 is 4.74 Å². The molecule has 2 aliphatic rings. The summed E-state index contributed by atoms with van der Waals surface area (Å²) in [5.41, 5.74) is 1.82. The predicted molar refractivity (Wildman–Crippen MR) is 64.9 cm³/mol. The Hall–Kier alpha value is -1.02. The standard InChI is InChI=1S/C14H19NO/c1-14(7-8-14)15-10-11-6-9-16-13-5-3-2-4-12(11)13/h2-5,11,15H,6-10H2,1H3. The molecule has 2 nitrogen and oxygen atoms in total. The quantitative estimate of drug-likeness (QED) is 0.840. The highest BCUT2D eigenvalue weighted by atomic mass is 16.5. The molecule has 0 spiro atoms. The maximum atomic E-state index is 5.67. The fourth-order valence-corrected chi connectivity index (χ4v) is 2.36. The zero-order valence-electron chi connectivity index (χ0n) is 9.83. The van der Waals surface area contributed by atoms with Crippen molar-refractivity contribution in [3.05, 3.63) is 29.8 Å². The molecule has 1 aromatic carbocycles. The van der Waals surface area contributed by atoms with E-state index in [4.69, 9.17) is 4.74 Å². The minimum Gasteiger partial charge on any atom is -0.493 e. The van der Waals surface area contributed by atoms with E-state index in [2.05, 4.69) is 36.5 Å². The molecule has 1 N–H and O–H groups in total. The van der Waals surface area contributed by atoms with Crippen molar-refractivity contribution in [2.45, 2.75) is 37.6 Å². The molecule has 1 atom stereocenters. The Morgan fingerprint density at radius 1 is 1.38 bits per heavy atom. The van der Waals surface area contributed by atoms with Gasteiger partial charge in [0.2, 0.25) is 0 Å². The molecule has 1 unspecified atom stereocenters. The number of benzene rings is 1. The molecule has 0 aromatic heterocycles. The molecule has 1 aromatic rings. The van der Waals surface area contributed by atoms with Crippen LogP contribution in [0.4, 0.5) is 0 Å². The summed E-state index contributed by atoms with van der Waals surface area (Å²) in [6, 6.07) is 8.45. The van der Waals surface area contributed by atoms with Gasteiger partial charge in [-0.15, -0.1) is 0 Å². The largest absolute Gasteiger partial charge is 0.493 e. The Labute approximate surface area is 97.0 Å². The Bertz CT molecular complexity index is 384. The van der Waals surface area contributed by atoms with Gasteiger partial charge < -0.3 is 10.1 Å². The molecule has 1 saturated carbocycles. The fourth-order valence-electron chi connectivity index (χ4n) is 2.36. The third kappa shape index (κ3) is 1.94. The van der Waals surface area contributed by atoms with Crippen LogP contribution in [0.5, 0.6) is 5.75 Å². The average Bonchev–Trinajstić information content (AvgIpc) is 3.05. The second kappa shape index (κ2) is 3.77. The Kier molecular flexibility index (Phi) is 2.40. The fraction of sp³-hybridized carbons (Fsp3) is 0.571. The third-order valence-electron chi connectivity index (χ3n) is 3.86. The van der Waals surface area contributed by atoms with Gasteiger partial charge in [0.05, 0.1) is 6.61 Å². The van der Waals surface area contributed by atoms with Crippen LogP contribution >= 0.6 is 0 Å². The normalized spacial score (nSPS) is 25.7. The highest BCUT2D eigenvalue weighted by molar-refractivity contribution is 5.38. The van der Waals surface area contributed by atoms with Gasteiger partial charge in [-0.3, -0.25) is 0 Å². The number of ether oxygens (including phenoxy) is 1. The number of hydrogen-bond donors (Lipinski definition) is 1. The van der Waals surface area contributed by atoms with E-state index >= 15 is 0 Å². The summed E-state index contributed by atoms with van der Waals surface area (Å²) < 4.78 is 5.67. The van der Waals surface area contributed by atoms with Crippen LogP contribution < -0.4 is 10.1 Å². The molecule has 16 heavy (non-hydrogen) atoms. The molecule has 2 heteroatoms. The van der Waals surface area contributed by atoms with Crippen LogP contribution in [-0.4, -0.2) is 18.7 Å². The van der Waals surface area contributed by atoms with E-state index in [0.717, 1.165) is 25.3 Å². The number of nitrogens with one attached hydrogen (secondary N) is 1. The molecular formula is C14H19NO. The second-order valence-corrected chi connectivity index (χ2v) is 5.31. The zero-order valence-corrected chi connectivity index (χ0v) is 9.83. The molecule has 86 valence electrons. The van der Waals surface area contributed by atoms with Crippen molar-refractivity contribution in [3.8, 4) is 5.75 Å². The average molecular weight is 217 g/mol. The van der Waals surface area contributed by atoms with Crippen molar-refractivity contribution >= 4 is 0 Å². The monoisotopic (exact) mass is 217 g/mol. The lowest BCUT2D eigenvalue weighted by Crippen LogP contribution is -2.33. The van der Waals surface area contributed by atoms with Gasteiger partial charge in [-0.05, 0) is 37.8 Å². The molecule has 0 bridgehead atoms. The van der Waals surface area contributed by atoms with Crippen LogP contribution in [0.25, 0.3) is 0 Å². The topological polar surface area (TPSA) is 21.3 Å². The number of fused-ring (bicyclic) bond motifs is 1. The lowest BCUT2D eigenvalue weighted by molar-refractivity contribution is 0.262. The molecule has 1 aliphatic heterocycles. The van der Waals surface area contributed by atoms with Crippen LogP contribution in [0.3, 0.4) is 0 Å². The Morgan fingerprint density at radius 3 is 3.00 bits per heavy atom. The SMILES string of the molecule is CC1(NCC2CCOc3ccccc32)CC1. The van der Waals surface area contributed by atoms with Gasteiger partial charge in [0.15, 0.2) is 0 Å². The van der Waals surface area contributed by atoms with E-state index in [9.17, 15) is 0 Å². The summed E-state index contributed by atoms with van der Waals surface area (Å²) in [7, 11) is 0. The first-order valence-electron chi connectivity index (χ1n) is 6.24. The predicted octanol–water partition coefficient (Wildman–Crippen LogP) is 2.69. The van der Waals surface area contributed by atoms with Gasteiger partial charge >= 0.3 is 0 Å². The van der Waals surface area contributed by atoms with Crippen LogP contribution in [0.15, 0.2) is 24.3 Å². The van der Waals surface area contributed by atoms with Crippen molar-refractivity contribution in [2.24, 2.45) is 0 Å². The van der Waals surface area contributed by atoms with Gasteiger partial charge in [-0.1, -0.05) is 18.2 Å². The van der Waals surface area contributed by atoms with Gasteiger partial charge in [0.1, 0.15) is 5.75 Å². The van der Waals surface area contributed by atoms with E-state index in [1.165, 1.54) is 18.4 Å². The van der Waals surface area contributed by atoms with Crippen molar-refractivity contribution in [1.29, 1.82) is 0 Å². The van der Waals surface area contributed by atoms with Crippen molar-refractivity contribution in [2.75, 3.05) is 13.2 Å². The Balaban J connectivity index is 1.71. The van der Waals surface area contributed by atoms with Crippen molar-refractivity contribution in [1.82, 2.24) is 5.32 Å². The molecule has 1 fully saturated rings. The lowest BCUT2D eigenvalue weighted by Gasteiger charge is -2.27. The first-order chi connectivity index (χ1) is 7.77. The van der Waals surface area contributed by atoms with Crippen LogP contribution in [0.2, 0.25) is 0 Å². The highest BCUT2D eigenvalue weighted by Gasteiger charge is 2.37. The summed E-state index contributed by atoms with van der Waals surface area (Å²) >= 11 is 0. The summed E-state index contributed by atoms with van der Waals surface area (Å²) in [5, 5.41) is 3.69. The number of hydrogen-bond acceptors (Lipinski definition) is 2. The van der Waals surface area contributed by atoms with E-state index in [-0.39, 0.29) is 0 Å². The van der Waals surface area contributed by atoms with E-state index < -0.39 is 0 Å². The molecule has 1 aliphatic carbocycles. The van der Waals surface area contributed by atoms with E-state index in [0.29, 0.717) is 11.5 Å². The van der Waals surface area contributed by atoms with Crippen LogP contribution in [0.1, 0.15) is 37.7 Å². The molecule has 3 rings (SSSR count). The maximum absolute atomic E-state index is 5.67. The smallest absolute Gasteiger partial charge is 0.122 e. The second-order valence-electron chi connectivity index (χ2n) is 5.31.